The second kappa shape index (κ2) is 14.5. The van der Waals surface area contributed by atoms with E-state index in [1.54, 1.807) is 0 Å². The van der Waals surface area contributed by atoms with Gasteiger partial charge in [0.15, 0.2) is 0 Å². The summed E-state index contributed by atoms with van der Waals surface area (Å²) in [6, 6.07) is 3.68. The van der Waals surface area contributed by atoms with Crippen LogP contribution in [0.25, 0.3) is 0 Å². The number of ether oxygens (including phenoxy) is 1. The van der Waals surface area contributed by atoms with Crippen LogP contribution in [0.15, 0.2) is 24.3 Å². The summed E-state index contributed by atoms with van der Waals surface area (Å²) in [5.74, 6) is -5.57. The molecule has 0 bridgehead atoms. The normalized spacial score (nSPS) is 12.4. The van der Waals surface area contributed by atoms with Gasteiger partial charge in [0.2, 0.25) is 11.8 Å². The van der Waals surface area contributed by atoms with Crippen molar-refractivity contribution in [3.8, 4) is 5.75 Å². The summed E-state index contributed by atoms with van der Waals surface area (Å²) in [5, 5.41) is 34.8. The summed E-state index contributed by atoms with van der Waals surface area (Å²) in [5.41, 5.74) is 0.572. The molecule has 0 saturated heterocycles. The molecule has 0 aliphatic heterocycles. The molecule has 0 heterocycles. The number of unbranched alkanes of at least 4 members (excludes halogenated alkanes) is 2. The van der Waals surface area contributed by atoms with Crippen molar-refractivity contribution in [1.82, 2.24) is 16.0 Å². The fourth-order valence-corrected chi connectivity index (χ4v) is 2.97. The number of likely N-dealkylation sites (N-methyl/N-ethyl adjacent to an activating group) is 1. The lowest BCUT2D eigenvalue weighted by molar-refractivity contribution is -0.159. The third-order valence-electron chi connectivity index (χ3n) is 4.82. The first-order valence-corrected chi connectivity index (χ1v) is 10.8. The van der Waals surface area contributed by atoms with Crippen LogP contribution >= 0.6 is 0 Å². The maximum absolute atomic E-state index is 12.7. The third-order valence-corrected chi connectivity index (χ3v) is 4.82. The van der Waals surface area contributed by atoms with Gasteiger partial charge in [-0.1, -0.05) is 31.9 Å². The van der Waals surface area contributed by atoms with Crippen molar-refractivity contribution in [2.45, 2.75) is 57.2 Å². The molecule has 2 atom stereocenters. The molecule has 1 aromatic rings. The van der Waals surface area contributed by atoms with Crippen molar-refractivity contribution < 1.29 is 44.0 Å². The summed E-state index contributed by atoms with van der Waals surface area (Å²) in [6.07, 6.45) is 0.173. The predicted octanol–water partition coefficient (Wildman–Crippen LogP) is -0.000400. The number of carbonyl (C=O) groups excluding carboxylic acids is 2. The van der Waals surface area contributed by atoms with Gasteiger partial charge in [-0.05, 0) is 31.2 Å². The molecular weight excluding hydrogens is 450 g/mol. The highest BCUT2D eigenvalue weighted by Crippen LogP contribution is 2.16. The topological polar surface area (TPSA) is 191 Å². The van der Waals surface area contributed by atoms with E-state index < -0.39 is 54.3 Å². The second-order valence-electron chi connectivity index (χ2n) is 7.52. The van der Waals surface area contributed by atoms with Gasteiger partial charge in [-0.2, -0.15) is 0 Å². The lowest BCUT2D eigenvalue weighted by atomic mass is 10.0. The molecule has 34 heavy (non-hydrogen) atoms. The van der Waals surface area contributed by atoms with Gasteiger partial charge in [-0.15, -0.1) is 0 Å². The highest BCUT2D eigenvalue weighted by Gasteiger charge is 2.28. The molecule has 0 spiro atoms. The molecule has 188 valence electrons. The van der Waals surface area contributed by atoms with Gasteiger partial charge < -0.3 is 36.0 Å². The fraction of sp³-hybridized carbons (Fsp3) is 0.500. The molecule has 0 aliphatic carbocycles. The van der Waals surface area contributed by atoms with E-state index >= 15 is 0 Å². The fourth-order valence-electron chi connectivity index (χ4n) is 2.97. The summed E-state index contributed by atoms with van der Waals surface area (Å²) in [4.78, 5) is 58.2. The Kier molecular flexibility index (Phi) is 12.1. The first-order valence-electron chi connectivity index (χ1n) is 10.8. The molecule has 0 radical (unpaired) electrons. The molecule has 6 N–H and O–H groups in total. The molecule has 0 fully saturated rings. The monoisotopic (exact) mass is 481 g/mol. The molecule has 2 amide bonds. The zero-order valence-electron chi connectivity index (χ0n) is 19.1. The van der Waals surface area contributed by atoms with Crippen LogP contribution in [0.2, 0.25) is 0 Å². The standard InChI is InChI=1S/C22H31N3O9/c1-3-4-5-10-24-19(28)16(25-20(29)15(23-2)12-17(26)27)11-13-6-8-14(9-7-13)34-18(21(30)31)22(32)33/h6-9,15-16,18,23H,3-5,10-12H2,1-2H3,(H,24,28)(H,25,29)(H,26,27)(H,30,31)(H,32,33)/t15-,16-/m0/s1. The molecule has 0 aliphatic rings. The van der Waals surface area contributed by atoms with Crippen LogP contribution in [0.5, 0.6) is 5.75 Å². The number of amides is 2. The number of nitrogens with one attached hydrogen (secondary N) is 3. The highest BCUT2D eigenvalue weighted by molar-refractivity contribution is 5.96. The number of hydrogen-bond donors (Lipinski definition) is 6. The Morgan fingerprint density at radius 2 is 1.53 bits per heavy atom. The number of carboxylic acids is 3. The lowest BCUT2D eigenvalue weighted by Gasteiger charge is -2.22. The van der Waals surface area contributed by atoms with Crippen molar-refractivity contribution >= 4 is 29.7 Å². The van der Waals surface area contributed by atoms with Gasteiger partial charge in [0.05, 0.1) is 12.5 Å². The minimum atomic E-state index is -2.07. The van der Waals surface area contributed by atoms with Crippen LogP contribution in [-0.2, 0) is 30.4 Å². The third kappa shape index (κ3) is 9.86. The van der Waals surface area contributed by atoms with Crippen LogP contribution in [0.3, 0.4) is 0 Å². The minimum Gasteiger partial charge on any atom is -0.481 e. The molecule has 1 aromatic carbocycles. The minimum absolute atomic E-state index is 0.000132. The summed E-state index contributed by atoms with van der Waals surface area (Å²) in [6.45, 7) is 2.44. The quantitative estimate of drug-likeness (QED) is 0.138. The van der Waals surface area contributed by atoms with Gasteiger partial charge in [-0.3, -0.25) is 14.4 Å². The van der Waals surface area contributed by atoms with E-state index in [0.717, 1.165) is 19.3 Å². The Labute approximate surface area is 196 Å². The molecular formula is C22H31N3O9. The van der Waals surface area contributed by atoms with E-state index in [1.165, 1.54) is 31.3 Å². The Morgan fingerprint density at radius 3 is 2.03 bits per heavy atom. The van der Waals surface area contributed by atoms with Crippen molar-refractivity contribution in [3.63, 3.8) is 0 Å². The van der Waals surface area contributed by atoms with Crippen LogP contribution in [0.4, 0.5) is 0 Å². The molecule has 0 unspecified atom stereocenters. The van der Waals surface area contributed by atoms with E-state index in [4.69, 9.17) is 20.1 Å². The molecule has 1 rings (SSSR count). The Morgan fingerprint density at radius 1 is 0.912 bits per heavy atom. The van der Waals surface area contributed by atoms with Crippen LogP contribution in [-0.4, -0.2) is 76.8 Å². The van der Waals surface area contributed by atoms with Crippen molar-refractivity contribution in [3.05, 3.63) is 29.8 Å². The largest absolute Gasteiger partial charge is 0.481 e. The van der Waals surface area contributed by atoms with E-state index in [-0.39, 0.29) is 12.2 Å². The molecule has 0 aromatic heterocycles. The second-order valence-corrected chi connectivity index (χ2v) is 7.52. The van der Waals surface area contributed by atoms with Crippen LogP contribution in [0, 0.1) is 0 Å². The number of hydrogen-bond acceptors (Lipinski definition) is 7. The van der Waals surface area contributed by atoms with Crippen molar-refractivity contribution in [1.29, 1.82) is 0 Å². The zero-order chi connectivity index (χ0) is 25.7. The van der Waals surface area contributed by atoms with Gasteiger partial charge in [0, 0.05) is 13.0 Å². The van der Waals surface area contributed by atoms with E-state index in [2.05, 4.69) is 16.0 Å². The number of benzene rings is 1. The summed E-state index contributed by atoms with van der Waals surface area (Å²) >= 11 is 0. The van der Waals surface area contributed by atoms with Gasteiger partial charge in [0.25, 0.3) is 6.10 Å². The smallest absolute Gasteiger partial charge is 0.356 e. The lowest BCUT2D eigenvalue weighted by Crippen LogP contribution is -2.53. The Balaban J connectivity index is 2.95. The molecule has 12 nitrogen and oxygen atoms in total. The van der Waals surface area contributed by atoms with E-state index in [1.807, 2.05) is 6.92 Å². The summed E-state index contributed by atoms with van der Waals surface area (Å²) in [7, 11) is 1.44. The van der Waals surface area contributed by atoms with E-state index in [9.17, 15) is 24.0 Å². The highest BCUT2D eigenvalue weighted by atomic mass is 16.5. The first kappa shape index (κ1) is 28.4. The predicted molar refractivity (Wildman–Crippen MR) is 119 cm³/mol. The number of carbonyl (C=O) groups is 5. The van der Waals surface area contributed by atoms with Crippen molar-refractivity contribution in [2.75, 3.05) is 13.6 Å². The maximum Gasteiger partial charge on any atom is 0.356 e. The van der Waals surface area contributed by atoms with Gasteiger partial charge in [-0.25, -0.2) is 9.59 Å². The SMILES string of the molecule is CCCCCNC(=O)[C@H](Cc1ccc(OC(C(=O)O)C(=O)O)cc1)NC(=O)[C@H](CC(=O)O)NC. The average Bonchev–Trinajstić information content (AvgIpc) is 2.78. The van der Waals surface area contributed by atoms with Gasteiger partial charge >= 0.3 is 17.9 Å². The summed E-state index contributed by atoms with van der Waals surface area (Å²) < 4.78 is 4.96. The Hall–Kier alpha value is -3.67. The van der Waals surface area contributed by atoms with Crippen LogP contribution < -0.4 is 20.7 Å². The average molecular weight is 482 g/mol. The molecule has 0 saturated carbocycles. The zero-order valence-corrected chi connectivity index (χ0v) is 19.1. The first-order chi connectivity index (χ1) is 16.1. The Bertz CT molecular complexity index is 844. The molecule has 12 heteroatoms. The maximum atomic E-state index is 12.7. The van der Waals surface area contributed by atoms with Gasteiger partial charge in [0.1, 0.15) is 11.8 Å². The van der Waals surface area contributed by atoms with Crippen molar-refractivity contribution in [2.24, 2.45) is 0 Å². The van der Waals surface area contributed by atoms with Crippen LogP contribution in [0.1, 0.15) is 38.2 Å². The van der Waals surface area contributed by atoms with E-state index in [0.29, 0.717) is 12.1 Å². The number of aliphatic carboxylic acids is 3. The number of carboxylic acid groups (broad SMARTS) is 3. The number of rotatable bonds is 16.